The van der Waals surface area contributed by atoms with Gasteiger partial charge in [0.05, 0.1) is 0 Å². The minimum absolute atomic E-state index is 0.767. The molecule has 0 aromatic rings. The molecule has 0 spiro atoms. The zero-order valence-electron chi connectivity index (χ0n) is 10.3. The Hall–Kier alpha value is 0.270. The molecule has 1 atom stereocenters. The molecule has 1 aliphatic heterocycles. The monoisotopic (exact) mass is 230 g/mol. The molecule has 2 nitrogen and oxygen atoms in total. The van der Waals surface area contributed by atoms with Crippen molar-refractivity contribution in [3.8, 4) is 0 Å². The number of hydrogen-bond donors (Lipinski definition) is 1. The minimum Gasteiger partial charge on any atom is -0.313 e. The molecular formula is C12H26N2S. The molecule has 0 radical (unpaired) electrons. The van der Waals surface area contributed by atoms with Gasteiger partial charge in [0.1, 0.15) is 0 Å². The van der Waals surface area contributed by atoms with E-state index in [1.807, 2.05) is 11.8 Å². The average Bonchev–Trinajstić information content (AvgIpc) is 2.74. The van der Waals surface area contributed by atoms with Crippen LogP contribution in [0.5, 0.6) is 0 Å². The largest absolute Gasteiger partial charge is 0.313 e. The Bertz CT molecular complexity index is 139. The first-order chi connectivity index (χ1) is 7.36. The lowest BCUT2D eigenvalue weighted by molar-refractivity contribution is 0.259. The van der Waals surface area contributed by atoms with E-state index in [9.17, 15) is 0 Å². The van der Waals surface area contributed by atoms with Gasteiger partial charge in [0, 0.05) is 24.9 Å². The van der Waals surface area contributed by atoms with Crippen molar-refractivity contribution in [3.05, 3.63) is 0 Å². The fourth-order valence-electron chi connectivity index (χ4n) is 2.12. The molecule has 3 heteroatoms. The van der Waals surface area contributed by atoms with Gasteiger partial charge in [0.25, 0.3) is 0 Å². The Balaban J connectivity index is 2.19. The molecule has 0 aliphatic carbocycles. The molecule has 0 aromatic carbocycles. The van der Waals surface area contributed by atoms with Gasteiger partial charge >= 0.3 is 0 Å². The summed E-state index contributed by atoms with van der Waals surface area (Å²) >= 11 is 1.96. The van der Waals surface area contributed by atoms with Crippen LogP contribution in [0.3, 0.4) is 0 Å². The van der Waals surface area contributed by atoms with Gasteiger partial charge in [-0.15, -0.1) is 0 Å². The third kappa shape index (κ3) is 5.79. The number of unbranched alkanes of at least 4 members (excludes halogenated alkanes) is 1. The van der Waals surface area contributed by atoms with Gasteiger partial charge in [0.2, 0.25) is 0 Å². The van der Waals surface area contributed by atoms with Crippen LogP contribution in [0.15, 0.2) is 0 Å². The SMILES string of the molecule is CCCCN(CCSC)CC1CCCN1. The van der Waals surface area contributed by atoms with Gasteiger partial charge in [-0.3, -0.25) is 0 Å². The van der Waals surface area contributed by atoms with E-state index < -0.39 is 0 Å². The van der Waals surface area contributed by atoms with Crippen molar-refractivity contribution in [1.29, 1.82) is 0 Å². The predicted octanol–water partition coefficient (Wildman–Crippen LogP) is 2.20. The highest BCUT2D eigenvalue weighted by atomic mass is 32.2. The number of rotatable bonds is 8. The zero-order valence-corrected chi connectivity index (χ0v) is 11.1. The maximum absolute atomic E-state index is 3.59. The molecule has 15 heavy (non-hydrogen) atoms. The summed E-state index contributed by atoms with van der Waals surface area (Å²) in [6, 6.07) is 0.767. The van der Waals surface area contributed by atoms with E-state index in [-0.39, 0.29) is 0 Å². The van der Waals surface area contributed by atoms with Gasteiger partial charge in [-0.1, -0.05) is 13.3 Å². The Labute approximate surface area is 99.2 Å². The number of nitrogens with zero attached hydrogens (tertiary/aromatic N) is 1. The Morgan fingerprint density at radius 3 is 2.87 bits per heavy atom. The molecule has 1 N–H and O–H groups in total. The van der Waals surface area contributed by atoms with Gasteiger partial charge in [-0.05, 0) is 38.6 Å². The van der Waals surface area contributed by atoms with Gasteiger partial charge in [-0.25, -0.2) is 0 Å². The number of thioether (sulfide) groups is 1. The number of nitrogens with one attached hydrogen (secondary N) is 1. The summed E-state index contributed by atoms with van der Waals surface area (Å²) in [4.78, 5) is 2.64. The van der Waals surface area contributed by atoms with Crippen LogP contribution in [-0.2, 0) is 0 Å². The first-order valence-corrected chi connectivity index (χ1v) is 7.71. The first-order valence-electron chi connectivity index (χ1n) is 6.31. The molecule has 1 heterocycles. The van der Waals surface area contributed by atoms with E-state index in [1.54, 1.807) is 0 Å². The normalized spacial score (nSPS) is 21.4. The van der Waals surface area contributed by atoms with Crippen LogP contribution < -0.4 is 5.32 Å². The zero-order chi connectivity index (χ0) is 10.9. The molecule has 1 fully saturated rings. The molecular weight excluding hydrogens is 204 g/mol. The van der Waals surface area contributed by atoms with Crippen molar-refractivity contribution in [2.75, 3.05) is 38.2 Å². The van der Waals surface area contributed by atoms with Crippen molar-refractivity contribution in [1.82, 2.24) is 10.2 Å². The summed E-state index contributed by atoms with van der Waals surface area (Å²) in [5.74, 6) is 1.27. The molecule has 1 rings (SSSR count). The summed E-state index contributed by atoms with van der Waals surface area (Å²) < 4.78 is 0. The summed E-state index contributed by atoms with van der Waals surface area (Å²) in [5, 5.41) is 3.59. The fraction of sp³-hybridized carbons (Fsp3) is 1.00. The van der Waals surface area contributed by atoms with Crippen molar-refractivity contribution in [2.24, 2.45) is 0 Å². The van der Waals surface area contributed by atoms with E-state index in [2.05, 4.69) is 23.4 Å². The quantitative estimate of drug-likeness (QED) is 0.688. The van der Waals surface area contributed by atoms with Crippen LogP contribution in [0.2, 0.25) is 0 Å². The Kier molecular flexibility index (Phi) is 7.49. The van der Waals surface area contributed by atoms with Gasteiger partial charge in [0.15, 0.2) is 0 Å². The van der Waals surface area contributed by atoms with Gasteiger partial charge in [-0.2, -0.15) is 11.8 Å². The third-order valence-electron chi connectivity index (χ3n) is 3.08. The van der Waals surface area contributed by atoms with E-state index >= 15 is 0 Å². The first kappa shape index (κ1) is 13.3. The summed E-state index contributed by atoms with van der Waals surface area (Å²) in [6.45, 7) is 7.32. The average molecular weight is 230 g/mol. The topological polar surface area (TPSA) is 15.3 Å². The summed E-state index contributed by atoms with van der Waals surface area (Å²) in [7, 11) is 0. The van der Waals surface area contributed by atoms with Crippen LogP contribution in [0.25, 0.3) is 0 Å². The molecule has 1 saturated heterocycles. The highest BCUT2D eigenvalue weighted by molar-refractivity contribution is 7.98. The molecule has 0 aromatic heterocycles. The Morgan fingerprint density at radius 1 is 1.40 bits per heavy atom. The lowest BCUT2D eigenvalue weighted by atomic mass is 10.2. The maximum atomic E-state index is 3.59. The van der Waals surface area contributed by atoms with E-state index in [4.69, 9.17) is 0 Å². The lowest BCUT2D eigenvalue weighted by Gasteiger charge is -2.25. The molecule has 0 bridgehead atoms. The van der Waals surface area contributed by atoms with E-state index in [0.717, 1.165) is 6.04 Å². The van der Waals surface area contributed by atoms with Crippen molar-refractivity contribution in [3.63, 3.8) is 0 Å². The van der Waals surface area contributed by atoms with Crippen molar-refractivity contribution in [2.45, 2.75) is 38.6 Å². The molecule has 0 saturated carbocycles. The van der Waals surface area contributed by atoms with Crippen LogP contribution >= 0.6 is 11.8 Å². The van der Waals surface area contributed by atoms with Crippen LogP contribution in [0, 0.1) is 0 Å². The summed E-state index contributed by atoms with van der Waals surface area (Å²) in [5.41, 5.74) is 0. The van der Waals surface area contributed by atoms with Crippen LogP contribution in [0.1, 0.15) is 32.6 Å². The smallest absolute Gasteiger partial charge is 0.0195 e. The summed E-state index contributed by atoms with van der Waals surface area (Å²) in [6.07, 6.45) is 7.61. The second-order valence-corrected chi connectivity index (χ2v) is 5.43. The fourth-order valence-corrected chi connectivity index (χ4v) is 2.56. The van der Waals surface area contributed by atoms with E-state index in [0.29, 0.717) is 0 Å². The van der Waals surface area contributed by atoms with Crippen LogP contribution in [0.4, 0.5) is 0 Å². The molecule has 90 valence electrons. The van der Waals surface area contributed by atoms with Crippen molar-refractivity contribution >= 4 is 11.8 Å². The molecule has 1 unspecified atom stereocenters. The molecule has 1 aliphatic rings. The molecule has 0 amide bonds. The lowest BCUT2D eigenvalue weighted by Crippen LogP contribution is -2.39. The second kappa shape index (κ2) is 8.43. The van der Waals surface area contributed by atoms with Crippen LogP contribution in [-0.4, -0.2) is 49.1 Å². The highest BCUT2D eigenvalue weighted by Gasteiger charge is 2.17. The Morgan fingerprint density at radius 2 is 2.27 bits per heavy atom. The standard InChI is InChI=1S/C12H26N2S/c1-3-4-8-14(9-10-15-2)11-12-6-5-7-13-12/h12-13H,3-11H2,1-2H3. The maximum Gasteiger partial charge on any atom is 0.0195 e. The third-order valence-corrected chi connectivity index (χ3v) is 3.67. The van der Waals surface area contributed by atoms with E-state index in [1.165, 1.54) is 57.6 Å². The minimum atomic E-state index is 0.767. The second-order valence-electron chi connectivity index (χ2n) is 4.44. The highest BCUT2D eigenvalue weighted by Crippen LogP contribution is 2.08. The van der Waals surface area contributed by atoms with Crippen molar-refractivity contribution < 1.29 is 0 Å². The predicted molar refractivity (Wildman–Crippen MR) is 70.8 cm³/mol. The number of hydrogen-bond acceptors (Lipinski definition) is 3. The van der Waals surface area contributed by atoms with Gasteiger partial charge < -0.3 is 10.2 Å².